The molecule has 3 rings (SSSR count). The number of nitrogens with zero attached hydrogens (tertiary/aromatic N) is 1. The van der Waals surface area contributed by atoms with E-state index in [1.165, 1.54) is 0 Å². The molecule has 2 aromatic carbocycles. The summed E-state index contributed by atoms with van der Waals surface area (Å²) in [5, 5.41) is 13.7. The van der Waals surface area contributed by atoms with Crippen molar-refractivity contribution in [2.75, 3.05) is 0 Å². The van der Waals surface area contributed by atoms with Gasteiger partial charge >= 0.3 is 6.03 Å². The number of carbonyl (C=O) groups is 1. The van der Waals surface area contributed by atoms with E-state index < -0.39 is 6.10 Å². The van der Waals surface area contributed by atoms with Gasteiger partial charge in [0.05, 0.1) is 17.5 Å². The normalized spacial score (nSPS) is 15.0. The van der Waals surface area contributed by atoms with Crippen molar-refractivity contribution in [1.82, 2.24) is 10.2 Å². The molecule has 1 heterocycles. The molecule has 2 atom stereocenters. The van der Waals surface area contributed by atoms with Crippen LogP contribution in [0, 0.1) is 0 Å². The summed E-state index contributed by atoms with van der Waals surface area (Å²) < 4.78 is 0. The Morgan fingerprint density at radius 1 is 1.20 bits per heavy atom. The first-order valence-electron chi connectivity index (χ1n) is 9.79. The molecule has 4 N–H and O–H groups in total. The average molecular weight is 421 g/mol. The SMILES string of the molecule is C=C(NC(=O)N1Cc2ccc(C(C)O)cc2C1)/C(N)=C\C=C(/C)c1ccc(P)cc1. The van der Waals surface area contributed by atoms with E-state index >= 15 is 0 Å². The fourth-order valence-electron chi connectivity index (χ4n) is 3.26. The minimum atomic E-state index is -0.529. The van der Waals surface area contributed by atoms with Crippen molar-refractivity contribution in [2.45, 2.75) is 33.0 Å². The lowest BCUT2D eigenvalue weighted by Crippen LogP contribution is -2.36. The molecule has 2 aromatic rings. The molecule has 1 aliphatic rings. The Kier molecular flexibility index (Phi) is 6.76. The molecular weight excluding hydrogens is 393 g/mol. The molecule has 0 aliphatic carbocycles. The van der Waals surface area contributed by atoms with E-state index in [2.05, 4.69) is 21.1 Å². The predicted octanol–water partition coefficient (Wildman–Crippen LogP) is 3.73. The molecule has 0 aromatic heterocycles. The van der Waals surface area contributed by atoms with Gasteiger partial charge < -0.3 is 21.1 Å². The van der Waals surface area contributed by atoms with Gasteiger partial charge in [-0.1, -0.05) is 55.1 Å². The van der Waals surface area contributed by atoms with E-state index in [0.29, 0.717) is 24.5 Å². The molecule has 0 saturated heterocycles. The van der Waals surface area contributed by atoms with Crippen LogP contribution < -0.4 is 16.4 Å². The number of nitrogens with one attached hydrogen (secondary N) is 1. The van der Waals surface area contributed by atoms with Crippen LogP contribution in [0.25, 0.3) is 5.57 Å². The van der Waals surface area contributed by atoms with Crippen LogP contribution in [0.2, 0.25) is 0 Å². The van der Waals surface area contributed by atoms with Gasteiger partial charge in [-0.2, -0.15) is 0 Å². The summed E-state index contributed by atoms with van der Waals surface area (Å²) in [4.78, 5) is 14.3. The lowest BCUT2D eigenvalue weighted by molar-refractivity contribution is 0.199. The number of benzene rings is 2. The van der Waals surface area contributed by atoms with Gasteiger partial charge in [-0.05, 0) is 53.1 Å². The maximum Gasteiger partial charge on any atom is 0.322 e. The van der Waals surface area contributed by atoms with Gasteiger partial charge in [0, 0.05) is 13.1 Å². The van der Waals surface area contributed by atoms with Crippen molar-refractivity contribution in [3.8, 4) is 0 Å². The van der Waals surface area contributed by atoms with Gasteiger partial charge in [-0.25, -0.2) is 4.79 Å². The summed E-state index contributed by atoms with van der Waals surface area (Å²) >= 11 is 0. The Bertz CT molecular complexity index is 1020. The number of rotatable bonds is 5. The van der Waals surface area contributed by atoms with Crippen molar-refractivity contribution in [1.29, 1.82) is 0 Å². The zero-order valence-corrected chi connectivity index (χ0v) is 18.5. The van der Waals surface area contributed by atoms with Gasteiger partial charge in [0.15, 0.2) is 0 Å². The summed E-state index contributed by atoms with van der Waals surface area (Å²) in [5.74, 6) is 0. The lowest BCUT2D eigenvalue weighted by Gasteiger charge is -2.17. The second kappa shape index (κ2) is 9.29. The molecule has 0 spiro atoms. The summed E-state index contributed by atoms with van der Waals surface area (Å²) in [5.41, 5.74) is 12.0. The van der Waals surface area contributed by atoms with E-state index in [1.807, 2.05) is 55.5 Å². The van der Waals surface area contributed by atoms with Crippen LogP contribution >= 0.6 is 9.24 Å². The highest BCUT2D eigenvalue weighted by atomic mass is 31.0. The largest absolute Gasteiger partial charge is 0.397 e. The molecule has 2 amide bonds. The zero-order chi connectivity index (χ0) is 21.8. The molecule has 0 fully saturated rings. The molecule has 2 unspecified atom stereocenters. The van der Waals surface area contributed by atoms with Crippen LogP contribution in [0.15, 0.2) is 72.6 Å². The Morgan fingerprint density at radius 2 is 1.87 bits per heavy atom. The summed E-state index contributed by atoms with van der Waals surface area (Å²) in [6.45, 7) is 8.64. The lowest BCUT2D eigenvalue weighted by atomic mass is 10.0. The highest BCUT2D eigenvalue weighted by Crippen LogP contribution is 2.26. The third-order valence-corrected chi connectivity index (χ3v) is 5.59. The summed E-state index contributed by atoms with van der Waals surface area (Å²) in [6.07, 6.45) is 3.13. The Labute approximate surface area is 180 Å². The van der Waals surface area contributed by atoms with Crippen molar-refractivity contribution < 1.29 is 9.90 Å². The van der Waals surface area contributed by atoms with Crippen LogP contribution in [0.1, 0.15) is 42.2 Å². The van der Waals surface area contributed by atoms with Gasteiger partial charge in [-0.3, -0.25) is 0 Å². The average Bonchev–Trinajstić information content (AvgIpc) is 3.15. The number of aliphatic hydroxyl groups excluding tert-OH is 1. The van der Waals surface area contributed by atoms with E-state index in [0.717, 1.165) is 33.1 Å². The minimum absolute atomic E-state index is 0.247. The van der Waals surface area contributed by atoms with E-state index in [4.69, 9.17) is 5.73 Å². The van der Waals surface area contributed by atoms with Gasteiger partial charge in [-0.15, -0.1) is 9.24 Å². The molecule has 156 valence electrons. The van der Waals surface area contributed by atoms with Crippen molar-refractivity contribution >= 4 is 26.1 Å². The van der Waals surface area contributed by atoms with Crippen molar-refractivity contribution in [3.05, 3.63) is 94.8 Å². The number of allylic oxidation sites excluding steroid dienone is 3. The number of amides is 2. The first-order chi connectivity index (χ1) is 14.2. The number of aliphatic hydroxyl groups is 1. The molecule has 6 heteroatoms. The fourth-order valence-corrected chi connectivity index (χ4v) is 3.45. The molecule has 0 radical (unpaired) electrons. The van der Waals surface area contributed by atoms with E-state index in [-0.39, 0.29) is 6.03 Å². The number of urea groups is 1. The molecule has 0 saturated carbocycles. The predicted molar refractivity (Wildman–Crippen MR) is 126 cm³/mol. The fraction of sp³-hybridized carbons (Fsp3) is 0.208. The first-order valence-corrected chi connectivity index (χ1v) is 10.4. The number of hydrogen-bond donors (Lipinski definition) is 3. The Morgan fingerprint density at radius 3 is 2.53 bits per heavy atom. The molecule has 0 bridgehead atoms. The maximum atomic E-state index is 12.6. The van der Waals surface area contributed by atoms with E-state index in [9.17, 15) is 9.90 Å². The third-order valence-electron chi connectivity index (χ3n) is 5.21. The number of fused-ring (bicyclic) bond motifs is 1. The minimum Gasteiger partial charge on any atom is -0.397 e. The number of hydrogen-bond acceptors (Lipinski definition) is 3. The second-order valence-corrected chi connectivity index (χ2v) is 8.23. The topological polar surface area (TPSA) is 78.6 Å². The van der Waals surface area contributed by atoms with Gasteiger partial charge in [0.25, 0.3) is 0 Å². The molecule has 30 heavy (non-hydrogen) atoms. The van der Waals surface area contributed by atoms with Crippen LogP contribution in [0.5, 0.6) is 0 Å². The molecule has 1 aliphatic heterocycles. The number of nitrogens with two attached hydrogens (primary N) is 1. The van der Waals surface area contributed by atoms with Crippen LogP contribution in [0.4, 0.5) is 4.79 Å². The van der Waals surface area contributed by atoms with Crippen molar-refractivity contribution in [2.24, 2.45) is 5.73 Å². The van der Waals surface area contributed by atoms with Crippen LogP contribution in [0.3, 0.4) is 0 Å². The zero-order valence-electron chi connectivity index (χ0n) is 17.4. The van der Waals surface area contributed by atoms with Gasteiger partial charge in [0.2, 0.25) is 0 Å². The monoisotopic (exact) mass is 421 g/mol. The third kappa shape index (κ3) is 5.18. The van der Waals surface area contributed by atoms with Crippen molar-refractivity contribution in [3.63, 3.8) is 0 Å². The van der Waals surface area contributed by atoms with Gasteiger partial charge in [0.1, 0.15) is 0 Å². The van der Waals surface area contributed by atoms with Crippen LogP contribution in [-0.4, -0.2) is 16.0 Å². The quantitative estimate of drug-likeness (QED) is 0.509. The Hall–Kier alpha value is -2.88. The molecule has 5 nitrogen and oxygen atoms in total. The highest BCUT2D eigenvalue weighted by molar-refractivity contribution is 7.27. The van der Waals surface area contributed by atoms with E-state index in [1.54, 1.807) is 17.9 Å². The summed E-state index contributed by atoms with van der Waals surface area (Å²) in [6, 6.07) is 13.7. The highest BCUT2D eigenvalue weighted by Gasteiger charge is 2.24. The molecular formula is C24H28N3O2P. The second-order valence-electron chi connectivity index (χ2n) is 7.56. The number of carbonyl (C=O) groups excluding carboxylic acids is 1. The Balaban J connectivity index is 1.61. The maximum absolute atomic E-state index is 12.6. The standard InChI is InChI=1S/C24H28N3O2P/c1-15(18-7-9-22(30)10-8-18)4-11-23(25)16(2)26-24(29)27-13-20-6-5-19(17(3)28)12-21(20)14-27/h4-12,17,28H,2,13-14,25,30H2,1,3H3,(H,26,29)/b15-4+,23-11+. The first kappa shape index (κ1) is 21.8. The van der Waals surface area contributed by atoms with Crippen LogP contribution in [-0.2, 0) is 13.1 Å². The smallest absolute Gasteiger partial charge is 0.322 e. The summed E-state index contributed by atoms with van der Waals surface area (Å²) in [7, 11) is 2.66.